The number of aromatic nitrogens is 4. The molecule has 2 aliphatic carbocycles. The van der Waals surface area contributed by atoms with Crippen molar-refractivity contribution in [2.24, 2.45) is 17.8 Å². The van der Waals surface area contributed by atoms with Crippen LogP contribution in [0.5, 0.6) is 0 Å². The molecular formula is C57H70N8O6. The molecule has 3 aliphatic heterocycles. The predicted molar refractivity (Wildman–Crippen MR) is 275 cm³/mol. The van der Waals surface area contributed by atoms with Crippen LogP contribution in [0.2, 0.25) is 0 Å². The van der Waals surface area contributed by atoms with Gasteiger partial charge in [-0.25, -0.2) is 14.8 Å². The predicted octanol–water partition coefficient (Wildman–Crippen LogP) is 9.49. The summed E-state index contributed by atoms with van der Waals surface area (Å²) >= 11 is 0. The number of benzene rings is 3. The van der Waals surface area contributed by atoms with Crippen molar-refractivity contribution in [3.63, 3.8) is 0 Å². The van der Waals surface area contributed by atoms with Crippen LogP contribution in [0.25, 0.3) is 44.4 Å². The fraction of sp³-hybridized carbons (Fsp3) is 0.491. The normalized spacial score (nSPS) is 22.0. The Balaban J connectivity index is 0.838. The van der Waals surface area contributed by atoms with E-state index in [1.165, 1.54) is 12.7 Å². The largest absolute Gasteiger partial charge is 0.453 e. The highest BCUT2D eigenvalue weighted by molar-refractivity contribution is 5.92. The van der Waals surface area contributed by atoms with Gasteiger partial charge in [-0.2, -0.15) is 0 Å². The number of rotatable bonds is 13. The lowest BCUT2D eigenvalue weighted by Gasteiger charge is -2.38. The van der Waals surface area contributed by atoms with Gasteiger partial charge in [0.1, 0.15) is 23.9 Å². The average Bonchev–Trinajstić information content (AvgIpc) is 4.15. The molecule has 2 aromatic heterocycles. The highest BCUT2D eigenvalue weighted by Crippen LogP contribution is 2.40. The topological polar surface area (TPSA) is 178 Å². The summed E-state index contributed by atoms with van der Waals surface area (Å²) in [5.41, 5.74) is 9.70. The van der Waals surface area contributed by atoms with E-state index in [1.54, 1.807) is 0 Å². The third-order valence-corrected chi connectivity index (χ3v) is 15.9. The first-order valence-corrected chi connectivity index (χ1v) is 26.2. The Morgan fingerprint density at radius 2 is 1.62 bits per heavy atom. The van der Waals surface area contributed by atoms with Crippen LogP contribution in [0.15, 0.2) is 84.6 Å². The molecule has 374 valence electrons. The maximum Gasteiger partial charge on any atom is 0.407 e. The zero-order chi connectivity index (χ0) is 49.2. The molecule has 6 atom stereocenters. The SMILES string of the molecule is COC(=O)N[C@@H](C(C)C)C(O)N1CCCCC[C@@H]1c1nc2c([nH]1)CCc1cc(-c3ccc4cc(-c5cnc([C@@H]6CCCN6C(=O)[C@H](NC(=O)CC6CCOCC6)C6=CC=CCC6C)[nH]5)ccc4c3)ccc1-2. The first-order chi connectivity index (χ1) is 34.5. The van der Waals surface area contributed by atoms with Crippen molar-refractivity contribution < 1.29 is 29.0 Å². The summed E-state index contributed by atoms with van der Waals surface area (Å²) in [5.74, 6) is 1.90. The quantitative estimate of drug-likeness (QED) is 0.0769. The zero-order valence-corrected chi connectivity index (χ0v) is 41.7. The molecule has 2 unspecified atom stereocenters. The third-order valence-electron chi connectivity index (χ3n) is 15.9. The number of nitrogens with zero attached hydrogens (tertiary/aromatic N) is 4. The van der Waals surface area contributed by atoms with Crippen LogP contribution in [0, 0.1) is 17.8 Å². The molecule has 3 fully saturated rings. The summed E-state index contributed by atoms with van der Waals surface area (Å²) in [4.78, 5) is 61.8. The molecule has 3 saturated heterocycles. The molecule has 3 amide bonds. The van der Waals surface area contributed by atoms with Gasteiger partial charge in [-0.05, 0) is 121 Å². The molecule has 0 bridgehead atoms. The molecule has 5 N–H and O–H groups in total. The molecular weight excluding hydrogens is 893 g/mol. The van der Waals surface area contributed by atoms with E-state index in [2.05, 4.69) is 93.1 Å². The number of aryl methyl sites for hydroxylation is 2. The number of amides is 3. The summed E-state index contributed by atoms with van der Waals surface area (Å²) in [6.45, 7) is 8.81. The first-order valence-electron chi connectivity index (χ1n) is 26.2. The average molecular weight is 963 g/mol. The van der Waals surface area contributed by atoms with Gasteiger partial charge in [-0.15, -0.1) is 0 Å². The molecule has 14 nitrogen and oxygen atoms in total. The summed E-state index contributed by atoms with van der Waals surface area (Å²) in [7, 11) is 1.35. The zero-order valence-electron chi connectivity index (χ0n) is 41.7. The van der Waals surface area contributed by atoms with Gasteiger partial charge in [-0.3, -0.25) is 14.5 Å². The maximum atomic E-state index is 14.6. The van der Waals surface area contributed by atoms with E-state index in [4.69, 9.17) is 19.4 Å². The van der Waals surface area contributed by atoms with Gasteiger partial charge in [-0.1, -0.05) is 94.3 Å². The number of methoxy groups -OCH3 is 1. The lowest BCUT2D eigenvalue weighted by molar-refractivity contribution is -0.136. The van der Waals surface area contributed by atoms with Crippen LogP contribution in [0.3, 0.4) is 0 Å². The minimum atomic E-state index is -0.895. The number of H-pyrrole nitrogens is 2. The number of aliphatic hydroxyl groups excluding tert-OH is 1. The van der Waals surface area contributed by atoms with Crippen LogP contribution in [0.1, 0.15) is 120 Å². The minimum absolute atomic E-state index is 0.00823. The lowest BCUT2D eigenvalue weighted by Crippen LogP contribution is -2.55. The molecule has 3 aromatic carbocycles. The van der Waals surface area contributed by atoms with Crippen molar-refractivity contribution in [1.82, 2.24) is 40.4 Å². The monoisotopic (exact) mass is 963 g/mol. The van der Waals surface area contributed by atoms with E-state index in [-0.39, 0.29) is 41.7 Å². The number of hydrogen-bond donors (Lipinski definition) is 5. The molecule has 5 heterocycles. The summed E-state index contributed by atoms with van der Waals surface area (Å²) in [5, 5.41) is 20.1. The number of ether oxygens (including phenoxy) is 2. The highest BCUT2D eigenvalue weighted by Gasteiger charge is 2.40. The Bertz CT molecular complexity index is 2800. The first kappa shape index (κ1) is 48.5. The second-order valence-corrected chi connectivity index (χ2v) is 20.9. The van der Waals surface area contributed by atoms with E-state index < -0.39 is 24.4 Å². The number of hydrogen-bond acceptors (Lipinski definition) is 9. The van der Waals surface area contributed by atoms with Crippen molar-refractivity contribution >= 4 is 28.7 Å². The van der Waals surface area contributed by atoms with E-state index in [1.807, 2.05) is 37.1 Å². The molecule has 10 rings (SSSR count). The van der Waals surface area contributed by atoms with Gasteiger partial charge in [0.25, 0.3) is 0 Å². The van der Waals surface area contributed by atoms with E-state index in [0.717, 1.165) is 138 Å². The third kappa shape index (κ3) is 10.3. The summed E-state index contributed by atoms with van der Waals surface area (Å²) < 4.78 is 10.4. The van der Waals surface area contributed by atoms with E-state index in [9.17, 15) is 19.5 Å². The van der Waals surface area contributed by atoms with Crippen LogP contribution >= 0.6 is 0 Å². The molecule has 71 heavy (non-hydrogen) atoms. The van der Waals surface area contributed by atoms with Gasteiger partial charge in [0, 0.05) is 49.5 Å². The lowest BCUT2D eigenvalue weighted by atomic mass is 9.87. The second-order valence-electron chi connectivity index (χ2n) is 20.9. The number of alkyl carbamates (subject to hydrolysis) is 1. The molecule has 0 saturated carbocycles. The number of imidazole rings is 2. The molecule has 5 aromatic rings. The van der Waals surface area contributed by atoms with Gasteiger partial charge < -0.3 is 40.1 Å². The number of likely N-dealkylation sites (tertiary alicyclic amines) is 2. The van der Waals surface area contributed by atoms with Crippen molar-refractivity contribution in [2.45, 2.75) is 128 Å². The Morgan fingerprint density at radius 3 is 2.41 bits per heavy atom. The smallest absolute Gasteiger partial charge is 0.407 e. The van der Waals surface area contributed by atoms with Crippen molar-refractivity contribution in [3.8, 4) is 33.6 Å². The fourth-order valence-corrected chi connectivity index (χ4v) is 11.8. The number of carbonyl (C=O) groups excluding carboxylic acids is 3. The summed E-state index contributed by atoms with van der Waals surface area (Å²) in [6, 6.07) is 18.3. The van der Waals surface area contributed by atoms with Crippen LogP contribution < -0.4 is 10.6 Å². The van der Waals surface area contributed by atoms with Gasteiger partial charge in [0.15, 0.2) is 0 Å². The number of nitrogens with one attached hydrogen (secondary N) is 4. The minimum Gasteiger partial charge on any atom is -0.453 e. The van der Waals surface area contributed by atoms with Crippen molar-refractivity contribution in [1.29, 1.82) is 0 Å². The van der Waals surface area contributed by atoms with Gasteiger partial charge in [0.2, 0.25) is 11.8 Å². The van der Waals surface area contributed by atoms with E-state index >= 15 is 0 Å². The standard InChI is InChI=1S/C57H70N8O6/c1-34(2)50(63-57(69)70-4)55(67)64-25-9-5-6-13-48(64)54-59-45-22-20-41-31-40(19-21-44(41)51(45)62-54)37-15-16-39-32-42(18-17-38(39)30-37)46-33-58-53(60-46)47-14-10-26-65(47)56(68)52(43-12-8-7-11-35(43)3)61-49(66)29-36-23-27-71-28-24-36/h7-8,12,15-19,21,30-36,47-48,50,52,55,67H,5-6,9-11,13-14,20,22-29H2,1-4H3,(H,58,60)(H,59,62)(H,61,66)(H,63,69)/t35?,47-,48+,50-,52+,55?/m0/s1. The Morgan fingerprint density at radius 1 is 0.859 bits per heavy atom. The van der Waals surface area contributed by atoms with Crippen LogP contribution in [-0.2, 0) is 31.9 Å². The van der Waals surface area contributed by atoms with Gasteiger partial charge >= 0.3 is 6.09 Å². The van der Waals surface area contributed by atoms with Crippen molar-refractivity contribution in [2.75, 3.05) is 33.4 Å². The molecule has 14 heteroatoms. The maximum absolute atomic E-state index is 14.6. The summed E-state index contributed by atoms with van der Waals surface area (Å²) in [6.07, 6.45) is 16.9. The number of aromatic amines is 2. The number of fused-ring (bicyclic) bond motifs is 4. The number of carbonyl (C=O) groups is 3. The highest BCUT2D eigenvalue weighted by atomic mass is 16.5. The second kappa shape index (κ2) is 21.3. The van der Waals surface area contributed by atoms with Crippen LogP contribution in [-0.4, -0.2) is 104 Å². The molecule has 5 aliphatic rings. The van der Waals surface area contributed by atoms with Gasteiger partial charge in [0.05, 0.1) is 42.8 Å². The molecule has 0 radical (unpaired) electrons. The molecule has 0 spiro atoms. The fourth-order valence-electron chi connectivity index (χ4n) is 11.8. The Kier molecular flexibility index (Phi) is 14.6. The Labute approximate surface area is 417 Å². The van der Waals surface area contributed by atoms with E-state index in [0.29, 0.717) is 32.7 Å². The van der Waals surface area contributed by atoms with Crippen LogP contribution in [0.4, 0.5) is 4.79 Å². The Hall–Kier alpha value is -6.09. The number of allylic oxidation sites excluding steroid dienone is 3. The van der Waals surface area contributed by atoms with Crippen molar-refractivity contribution in [3.05, 3.63) is 108 Å². The number of aliphatic hydroxyl groups is 1.